The summed E-state index contributed by atoms with van der Waals surface area (Å²) in [5, 5.41) is 0. The van der Waals surface area contributed by atoms with Crippen molar-refractivity contribution in [3.8, 4) is 0 Å². The molecule has 4 N–H and O–H groups in total. The molecule has 0 aliphatic heterocycles. The summed E-state index contributed by atoms with van der Waals surface area (Å²) >= 11 is 0. The number of hydrogen-bond donors (Lipinski definition) is 3. The molecule has 0 heterocycles. The average Bonchev–Trinajstić information content (AvgIpc) is 2.14. The third-order valence-electron chi connectivity index (χ3n) is 1.23. The summed E-state index contributed by atoms with van der Waals surface area (Å²) in [5.74, 6) is -0.379. The second-order valence-corrected chi connectivity index (χ2v) is 4.91. The van der Waals surface area contributed by atoms with Gasteiger partial charge in [-0.3, -0.25) is 13.9 Å². The SMILES string of the molecule is NC(=O)c1ccccc1.O=S(=O)(O)OS(=O)(=O)O. The molecule has 1 aromatic rings. The maximum Gasteiger partial charge on any atom is 0.413 e. The van der Waals surface area contributed by atoms with Crippen LogP contribution < -0.4 is 5.73 Å². The zero-order valence-corrected chi connectivity index (χ0v) is 10.3. The zero-order valence-electron chi connectivity index (χ0n) is 8.62. The van der Waals surface area contributed by atoms with Gasteiger partial charge in [0.05, 0.1) is 0 Å². The predicted molar refractivity (Wildman–Crippen MR) is 59.1 cm³/mol. The molecule has 0 unspecified atom stereocenters. The van der Waals surface area contributed by atoms with Crippen molar-refractivity contribution in [2.24, 2.45) is 5.73 Å². The van der Waals surface area contributed by atoms with Crippen LogP contribution in [-0.2, 0) is 24.4 Å². The van der Waals surface area contributed by atoms with Crippen LogP contribution in [0.15, 0.2) is 30.3 Å². The quantitative estimate of drug-likeness (QED) is 0.623. The third kappa shape index (κ3) is 9.68. The first-order valence-electron chi connectivity index (χ1n) is 4.02. The van der Waals surface area contributed by atoms with E-state index in [1.54, 1.807) is 24.3 Å². The van der Waals surface area contributed by atoms with Gasteiger partial charge in [-0.25, -0.2) is 0 Å². The summed E-state index contributed by atoms with van der Waals surface area (Å²) in [7, 11) is -10.2. The monoisotopic (exact) mass is 299 g/mol. The van der Waals surface area contributed by atoms with Crippen LogP contribution in [0.25, 0.3) is 0 Å². The van der Waals surface area contributed by atoms with E-state index >= 15 is 0 Å². The smallest absolute Gasteiger partial charge is 0.366 e. The second kappa shape index (κ2) is 6.42. The van der Waals surface area contributed by atoms with Gasteiger partial charge in [0, 0.05) is 5.56 Å². The van der Waals surface area contributed by atoms with Crippen LogP contribution in [0.3, 0.4) is 0 Å². The molecule has 18 heavy (non-hydrogen) atoms. The van der Waals surface area contributed by atoms with Gasteiger partial charge in [-0.15, -0.1) is 3.63 Å². The average molecular weight is 299 g/mol. The third-order valence-corrected chi connectivity index (χ3v) is 2.61. The molecule has 1 amide bonds. The Morgan fingerprint density at radius 3 is 1.56 bits per heavy atom. The number of nitrogens with two attached hydrogens (primary N) is 1. The number of hydrogen-bond acceptors (Lipinski definition) is 6. The molecule has 0 aliphatic carbocycles. The minimum Gasteiger partial charge on any atom is -0.366 e. The molecule has 0 aliphatic rings. The van der Waals surface area contributed by atoms with Crippen molar-refractivity contribution >= 4 is 26.7 Å². The largest absolute Gasteiger partial charge is 0.413 e. The molecule has 0 bridgehead atoms. The zero-order chi connectivity index (χ0) is 14.4. The molecular formula is C7H9NO8S2. The Morgan fingerprint density at radius 1 is 1.00 bits per heavy atom. The van der Waals surface area contributed by atoms with E-state index in [1.807, 2.05) is 6.07 Å². The maximum absolute atomic E-state index is 10.4. The van der Waals surface area contributed by atoms with E-state index in [-0.39, 0.29) is 5.91 Å². The van der Waals surface area contributed by atoms with Crippen molar-refractivity contribution < 1.29 is 34.4 Å². The van der Waals surface area contributed by atoms with Crippen molar-refractivity contribution in [1.82, 2.24) is 0 Å². The van der Waals surface area contributed by atoms with Gasteiger partial charge in [0.15, 0.2) is 0 Å². The lowest BCUT2D eigenvalue weighted by molar-refractivity contribution is 0.1000. The Kier molecular flexibility index (Phi) is 5.87. The first-order chi connectivity index (χ1) is 8.01. The molecular weight excluding hydrogens is 290 g/mol. The van der Waals surface area contributed by atoms with Crippen LogP contribution in [0.5, 0.6) is 0 Å². The highest BCUT2D eigenvalue weighted by Crippen LogP contribution is 1.94. The molecule has 0 saturated heterocycles. The van der Waals surface area contributed by atoms with Gasteiger partial charge in [0.2, 0.25) is 5.91 Å². The molecule has 11 heteroatoms. The molecule has 0 saturated carbocycles. The Hall–Kier alpha value is -1.53. The van der Waals surface area contributed by atoms with Crippen molar-refractivity contribution in [2.75, 3.05) is 0 Å². The van der Waals surface area contributed by atoms with E-state index in [9.17, 15) is 21.6 Å². The number of rotatable bonds is 3. The number of primary amides is 1. The van der Waals surface area contributed by atoms with Gasteiger partial charge in [-0.2, -0.15) is 16.8 Å². The number of carbonyl (C=O) groups is 1. The fourth-order valence-corrected chi connectivity index (χ4v) is 1.58. The molecule has 0 spiro atoms. The second-order valence-electron chi connectivity index (χ2n) is 2.65. The van der Waals surface area contributed by atoms with E-state index in [4.69, 9.17) is 14.8 Å². The Balaban J connectivity index is 0.000000321. The highest BCUT2D eigenvalue weighted by molar-refractivity contribution is 7.94. The van der Waals surface area contributed by atoms with Crippen LogP contribution in [0.4, 0.5) is 0 Å². The van der Waals surface area contributed by atoms with Gasteiger partial charge in [0.25, 0.3) is 0 Å². The molecule has 1 rings (SSSR count). The van der Waals surface area contributed by atoms with Crippen LogP contribution in [0, 0.1) is 0 Å². The molecule has 102 valence electrons. The number of benzene rings is 1. The van der Waals surface area contributed by atoms with Crippen LogP contribution >= 0.6 is 0 Å². The maximum atomic E-state index is 10.4. The summed E-state index contributed by atoms with van der Waals surface area (Å²) in [6, 6.07) is 8.76. The molecule has 0 radical (unpaired) electrons. The molecule has 0 aromatic heterocycles. The summed E-state index contributed by atoms with van der Waals surface area (Å²) in [4.78, 5) is 10.4. The molecule has 0 fully saturated rings. The van der Waals surface area contributed by atoms with Crippen LogP contribution in [0.1, 0.15) is 10.4 Å². The van der Waals surface area contributed by atoms with Gasteiger partial charge >= 0.3 is 20.8 Å². The van der Waals surface area contributed by atoms with Gasteiger partial charge in [-0.1, -0.05) is 18.2 Å². The van der Waals surface area contributed by atoms with E-state index in [1.165, 1.54) is 0 Å². The molecule has 9 nitrogen and oxygen atoms in total. The lowest BCUT2D eigenvalue weighted by atomic mass is 10.2. The summed E-state index contributed by atoms with van der Waals surface area (Å²) < 4.78 is 55.6. The minimum atomic E-state index is -5.12. The van der Waals surface area contributed by atoms with E-state index in [0.717, 1.165) is 0 Å². The highest BCUT2D eigenvalue weighted by Gasteiger charge is 2.15. The van der Waals surface area contributed by atoms with E-state index < -0.39 is 20.8 Å². The highest BCUT2D eigenvalue weighted by atomic mass is 32.3. The predicted octanol–water partition coefficient (Wildman–Crippen LogP) is -0.606. The Labute approximate surface area is 103 Å². The van der Waals surface area contributed by atoms with Gasteiger partial charge < -0.3 is 5.73 Å². The molecule has 1 aromatic carbocycles. The number of amides is 1. The lowest BCUT2D eigenvalue weighted by Crippen LogP contribution is -2.10. The first kappa shape index (κ1) is 16.5. The van der Waals surface area contributed by atoms with E-state index in [2.05, 4.69) is 3.63 Å². The van der Waals surface area contributed by atoms with Crippen LogP contribution in [-0.4, -0.2) is 31.8 Å². The van der Waals surface area contributed by atoms with Crippen molar-refractivity contribution in [3.05, 3.63) is 35.9 Å². The lowest BCUT2D eigenvalue weighted by Gasteiger charge is -1.89. The topological polar surface area (TPSA) is 161 Å². The first-order valence-corrected chi connectivity index (χ1v) is 6.75. The van der Waals surface area contributed by atoms with Gasteiger partial charge in [0.1, 0.15) is 0 Å². The van der Waals surface area contributed by atoms with Crippen LogP contribution in [0.2, 0.25) is 0 Å². The van der Waals surface area contributed by atoms with Crippen molar-refractivity contribution in [3.63, 3.8) is 0 Å². The summed E-state index contributed by atoms with van der Waals surface area (Å²) in [6.07, 6.45) is 0. The standard InChI is InChI=1S/C7H7NO.H2O7S2/c8-7(9)6-4-2-1-3-5-6;1-8(2,3)7-9(4,5)6/h1-5H,(H2,8,9);(H,1,2,3)(H,4,5,6). The normalized spacial score (nSPS) is 11.2. The van der Waals surface area contributed by atoms with Crippen molar-refractivity contribution in [1.29, 1.82) is 0 Å². The Morgan fingerprint density at radius 2 is 1.39 bits per heavy atom. The van der Waals surface area contributed by atoms with Crippen molar-refractivity contribution in [2.45, 2.75) is 0 Å². The van der Waals surface area contributed by atoms with Gasteiger partial charge in [-0.05, 0) is 12.1 Å². The molecule has 0 atom stereocenters. The van der Waals surface area contributed by atoms with E-state index in [0.29, 0.717) is 5.56 Å². The Bertz CT molecular complexity index is 562. The summed E-state index contributed by atoms with van der Waals surface area (Å²) in [5.41, 5.74) is 5.53. The number of carbonyl (C=O) groups excluding carboxylic acids is 1. The minimum absolute atomic E-state index is 0.379. The fraction of sp³-hybridized carbons (Fsp3) is 0. The summed E-state index contributed by atoms with van der Waals surface area (Å²) in [6.45, 7) is 0. The fourth-order valence-electron chi connectivity index (χ4n) is 0.711.